The number of unbranched alkanes of at least 4 members (excludes halogenated alkanes) is 3. The van der Waals surface area contributed by atoms with E-state index in [4.69, 9.17) is 0 Å². The molecule has 0 saturated carbocycles. The van der Waals surface area contributed by atoms with Crippen LogP contribution in [0.4, 0.5) is 0 Å². The Hall–Kier alpha value is -0.340. The van der Waals surface area contributed by atoms with Crippen molar-refractivity contribution in [2.75, 3.05) is 26.2 Å². The topological polar surface area (TPSA) is 6.48 Å². The fourth-order valence-electron chi connectivity index (χ4n) is 6.08. The first kappa shape index (κ1) is 16.1. The van der Waals surface area contributed by atoms with Crippen molar-refractivity contribution in [3.63, 3.8) is 0 Å². The Labute approximate surface area is 143 Å². The standard InChI is InChI=1S/C21H36N2/c1-2-3-4-6-11-22-13-8-9-17-14-18-15-19(21(17)22)16-23-12-7-5-10-20(18)23/h14,18-21H,2-13,15-16H2,1H3/t18-,19+,20+,21+/m0/s1. The Morgan fingerprint density at radius 1 is 1.09 bits per heavy atom. The monoisotopic (exact) mass is 316 g/mol. The van der Waals surface area contributed by atoms with Crippen molar-refractivity contribution in [2.45, 2.75) is 83.2 Å². The molecule has 0 aromatic carbocycles. The first-order valence-electron chi connectivity index (χ1n) is 10.6. The van der Waals surface area contributed by atoms with E-state index < -0.39 is 0 Å². The van der Waals surface area contributed by atoms with Gasteiger partial charge in [-0.25, -0.2) is 0 Å². The molecular weight excluding hydrogens is 280 g/mol. The zero-order chi connectivity index (χ0) is 15.6. The van der Waals surface area contributed by atoms with Crippen LogP contribution < -0.4 is 0 Å². The van der Waals surface area contributed by atoms with Crippen LogP contribution in [0.5, 0.6) is 0 Å². The molecule has 3 aliphatic heterocycles. The number of nitrogens with zero attached hydrogens (tertiary/aromatic N) is 2. The lowest BCUT2D eigenvalue weighted by atomic mass is 9.68. The molecule has 0 aromatic heterocycles. The van der Waals surface area contributed by atoms with Crippen LogP contribution in [-0.4, -0.2) is 48.1 Å². The zero-order valence-corrected chi connectivity index (χ0v) is 15.2. The van der Waals surface area contributed by atoms with E-state index in [2.05, 4.69) is 22.8 Å². The molecule has 0 N–H and O–H groups in total. The number of fused-ring (bicyclic) bond motifs is 6. The molecule has 0 unspecified atom stereocenters. The second-order valence-corrected chi connectivity index (χ2v) is 8.60. The molecule has 4 atom stereocenters. The quantitative estimate of drug-likeness (QED) is 0.546. The molecule has 2 nitrogen and oxygen atoms in total. The highest BCUT2D eigenvalue weighted by Crippen LogP contribution is 2.44. The van der Waals surface area contributed by atoms with E-state index in [1.807, 2.05) is 5.57 Å². The molecular formula is C21H36N2. The van der Waals surface area contributed by atoms with E-state index in [1.165, 1.54) is 90.4 Å². The second kappa shape index (κ2) is 7.27. The van der Waals surface area contributed by atoms with E-state index in [1.54, 1.807) is 0 Å². The first-order valence-corrected chi connectivity index (χ1v) is 10.6. The summed E-state index contributed by atoms with van der Waals surface area (Å²) in [6.45, 7) is 7.81. The van der Waals surface area contributed by atoms with E-state index in [-0.39, 0.29) is 0 Å². The summed E-state index contributed by atoms with van der Waals surface area (Å²) in [6, 6.07) is 1.71. The summed E-state index contributed by atoms with van der Waals surface area (Å²) in [5.74, 6) is 1.82. The number of likely N-dealkylation sites (tertiary alicyclic amines) is 1. The SMILES string of the molecule is CCCCCCN1CCCC2=C[C@H]3C[C@H](CN4CCCC[C@H]34)[C@@H]21. The fourth-order valence-corrected chi connectivity index (χ4v) is 6.08. The van der Waals surface area contributed by atoms with Crippen LogP contribution in [0, 0.1) is 11.8 Å². The summed E-state index contributed by atoms with van der Waals surface area (Å²) in [5.41, 5.74) is 1.85. The van der Waals surface area contributed by atoms with Gasteiger partial charge in [0.2, 0.25) is 0 Å². The van der Waals surface area contributed by atoms with Gasteiger partial charge >= 0.3 is 0 Å². The largest absolute Gasteiger partial charge is 0.299 e. The third kappa shape index (κ3) is 3.26. The van der Waals surface area contributed by atoms with E-state index in [0.717, 1.165) is 23.9 Å². The minimum atomic E-state index is 0.810. The third-order valence-corrected chi connectivity index (χ3v) is 7.06. The summed E-state index contributed by atoms with van der Waals surface area (Å²) in [5, 5.41) is 0. The summed E-state index contributed by atoms with van der Waals surface area (Å²) < 4.78 is 0. The maximum absolute atomic E-state index is 2.89. The molecule has 2 heteroatoms. The van der Waals surface area contributed by atoms with Crippen LogP contribution in [0.2, 0.25) is 0 Å². The van der Waals surface area contributed by atoms with Crippen molar-refractivity contribution in [3.05, 3.63) is 11.6 Å². The summed E-state index contributed by atoms with van der Waals surface area (Å²) in [7, 11) is 0. The number of hydrogen-bond acceptors (Lipinski definition) is 2. The van der Waals surface area contributed by atoms with Crippen molar-refractivity contribution < 1.29 is 0 Å². The molecule has 2 bridgehead atoms. The number of piperidine rings is 3. The van der Waals surface area contributed by atoms with Crippen molar-refractivity contribution in [1.82, 2.24) is 9.80 Å². The predicted molar refractivity (Wildman–Crippen MR) is 97.6 cm³/mol. The van der Waals surface area contributed by atoms with Crippen molar-refractivity contribution >= 4 is 0 Å². The molecule has 23 heavy (non-hydrogen) atoms. The summed E-state index contributed by atoms with van der Waals surface area (Å²) in [6.07, 6.45) is 17.1. The van der Waals surface area contributed by atoms with Crippen LogP contribution in [0.25, 0.3) is 0 Å². The first-order chi connectivity index (χ1) is 11.4. The minimum absolute atomic E-state index is 0.810. The molecule has 4 aliphatic rings. The highest BCUT2D eigenvalue weighted by atomic mass is 15.2. The zero-order valence-electron chi connectivity index (χ0n) is 15.2. The van der Waals surface area contributed by atoms with Crippen molar-refractivity contribution in [2.24, 2.45) is 11.8 Å². The lowest BCUT2D eigenvalue weighted by Crippen LogP contribution is -2.59. The molecule has 3 fully saturated rings. The van der Waals surface area contributed by atoms with Gasteiger partial charge in [-0.3, -0.25) is 9.80 Å². The second-order valence-electron chi connectivity index (χ2n) is 8.60. The van der Waals surface area contributed by atoms with E-state index in [9.17, 15) is 0 Å². The molecule has 0 spiro atoms. The van der Waals surface area contributed by atoms with Gasteiger partial charge in [-0.2, -0.15) is 0 Å². The van der Waals surface area contributed by atoms with E-state index in [0.29, 0.717) is 0 Å². The van der Waals surface area contributed by atoms with Crippen molar-refractivity contribution in [1.29, 1.82) is 0 Å². The van der Waals surface area contributed by atoms with Gasteiger partial charge in [0.15, 0.2) is 0 Å². The van der Waals surface area contributed by atoms with Crippen LogP contribution in [0.15, 0.2) is 11.6 Å². The minimum Gasteiger partial charge on any atom is -0.299 e. The normalized spacial score (nSPS) is 37.9. The van der Waals surface area contributed by atoms with Crippen LogP contribution in [0.3, 0.4) is 0 Å². The molecule has 0 aromatic rings. The van der Waals surface area contributed by atoms with Crippen LogP contribution in [0.1, 0.15) is 71.1 Å². The lowest BCUT2D eigenvalue weighted by molar-refractivity contribution is -0.000971. The Bertz CT molecular complexity index is 430. The average Bonchev–Trinajstić information content (AvgIpc) is 2.59. The Morgan fingerprint density at radius 2 is 2.04 bits per heavy atom. The fraction of sp³-hybridized carbons (Fsp3) is 0.905. The van der Waals surface area contributed by atoms with Gasteiger partial charge in [0.25, 0.3) is 0 Å². The van der Waals surface area contributed by atoms with Crippen molar-refractivity contribution in [3.8, 4) is 0 Å². The van der Waals surface area contributed by atoms with E-state index >= 15 is 0 Å². The van der Waals surface area contributed by atoms with Gasteiger partial charge in [0, 0.05) is 18.6 Å². The Kier molecular flexibility index (Phi) is 5.10. The average molecular weight is 317 g/mol. The summed E-state index contributed by atoms with van der Waals surface area (Å²) >= 11 is 0. The molecule has 3 heterocycles. The highest BCUT2D eigenvalue weighted by molar-refractivity contribution is 5.24. The number of hydrogen-bond donors (Lipinski definition) is 0. The van der Waals surface area contributed by atoms with Gasteiger partial charge in [-0.15, -0.1) is 0 Å². The Morgan fingerprint density at radius 3 is 2.96 bits per heavy atom. The summed E-state index contributed by atoms with van der Waals surface area (Å²) in [4.78, 5) is 5.76. The van der Waals surface area contributed by atoms with Gasteiger partial charge in [-0.05, 0) is 70.0 Å². The van der Waals surface area contributed by atoms with Gasteiger partial charge in [0.05, 0.1) is 0 Å². The van der Waals surface area contributed by atoms with Crippen LogP contribution in [-0.2, 0) is 0 Å². The molecule has 3 saturated heterocycles. The smallest absolute Gasteiger partial charge is 0.0348 e. The van der Waals surface area contributed by atoms with Gasteiger partial charge < -0.3 is 0 Å². The Balaban J connectivity index is 1.47. The molecule has 4 rings (SSSR count). The van der Waals surface area contributed by atoms with Gasteiger partial charge in [-0.1, -0.05) is 44.3 Å². The molecule has 1 aliphatic carbocycles. The highest BCUT2D eigenvalue weighted by Gasteiger charge is 2.45. The number of rotatable bonds is 5. The molecule has 130 valence electrons. The molecule has 0 radical (unpaired) electrons. The van der Waals surface area contributed by atoms with Crippen LogP contribution >= 0.6 is 0 Å². The third-order valence-electron chi connectivity index (χ3n) is 7.06. The lowest BCUT2D eigenvalue weighted by Gasteiger charge is -2.55. The molecule has 0 amide bonds. The maximum atomic E-state index is 2.89. The van der Waals surface area contributed by atoms with Gasteiger partial charge in [0.1, 0.15) is 0 Å². The maximum Gasteiger partial charge on any atom is 0.0348 e. The predicted octanol–water partition coefficient (Wildman–Crippen LogP) is 4.46.